The standard InChI is InChI=1S/C17H22FNO4/c1-12(9-13-3-2-4-14(18)11-13)10-15(20)19-7-5-17(23,6-8-19)16(21)22/h2-4,11-12,23H,5-10H2,1H3,(H,21,22). The van der Waals surface area contributed by atoms with Gasteiger partial charge in [-0.05, 0) is 30.0 Å². The van der Waals surface area contributed by atoms with Crippen LogP contribution in [0.1, 0.15) is 31.7 Å². The summed E-state index contributed by atoms with van der Waals surface area (Å²) < 4.78 is 13.2. The Bertz CT molecular complexity index is 582. The zero-order chi connectivity index (χ0) is 17.0. The van der Waals surface area contributed by atoms with E-state index in [1.165, 1.54) is 12.1 Å². The third kappa shape index (κ3) is 4.51. The van der Waals surface area contributed by atoms with Gasteiger partial charge in [-0.3, -0.25) is 4.79 Å². The summed E-state index contributed by atoms with van der Waals surface area (Å²) in [6.07, 6.45) is 1.02. The summed E-state index contributed by atoms with van der Waals surface area (Å²) in [6.45, 7) is 2.42. The molecule has 1 atom stereocenters. The number of amides is 1. The van der Waals surface area contributed by atoms with Crippen molar-refractivity contribution in [3.8, 4) is 0 Å². The number of carbonyl (C=O) groups excluding carboxylic acids is 1. The van der Waals surface area contributed by atoms with Gasteiger partial charge >= 0.3 is 5.97 Å². The molecule has 1 aromatic carbocycles. The number of likely N-dealkylation sites (tertiary alicyclic amines) is 1. The molecule has 0 radical (unpaired) electrons. The van der Waals surface area contributed by atoms with Crippen LogP contribution in [-0.2, 0) is 16.0 Å². The van der Waals surface area contributed by atoms with Crippen LogP contribution in [0.2, 0.25) is 0 Å². The van der Waals surface area contributed by atoms with Crippen molar-refractivity contribution in [1.29, 1.82) is 0 Å². The predicted molar refractivity (Wildman–Crippen MR) is 82.3 cm³/mol. The van der Waals surface area contributed by atoms with Crippen molar-refractivity contribution in [2.75, 3.05) is 13.1 Å². The number of hydrogen-bond acceptors (Lipinski definition) is 3. The van der Waals surface area contributed by atoms with Gasteiger partial charge in [-0.2, -0.15) is 0 Å². The van der Waals surface area contributed by atoms with Crippen LogP contribution in [0.15, 0.2) is 24.3 Å². The monoisotopic (exact) mass is 323 g/mol. The third-order valence-corrected chi connectivity index (χ3v) is 4.34. The summed E-state index contributed by atoms with van der Waals surface area (Å²) in [4.78, 5) is 24.8. The number of carboxylic acid groups (broad SMARTS) is 1. The Morgan fingerprint density at radius 2 is 2.00 bits per heavy atom. The average Bonchev–Trinajstić information content (AvgIpc) is 2.47. The van der Waals surface area contributed by atoms with Crippen LogP contribution < -0.4 is 0 Å². The number of aliphatic hydroxyl groups is 1. The van der Waals surface area contributed by atoms with E-state index in [1.54, 1.807) is 11.0 Å². The highest BCUT2D eigenvalue weighted by Gasteiger charge is 2.40. The highest BCUT2D eigenvalue weighted by Crippen LogP contribution is 2.24. The van der Waals surface area contributed by atoms with Crippen molar-refractivity contribution in [3.63, 3.8) is 0 Å². The highest BCUT2D eigenvalue weighted by atomic mass is 19.1. The maximum atomic E-state index is 13.2. The number of halogens is 1. The van der Waals surface area contributed by atoms with Crippen LogP contribution in [0.3, 0.4) is 0 Å². The summed E-state index contributed by atoms with van der Waals surface area (Å²) in [5, 5.41) is 18.8. The molecule has 0 aliphatic carbocycles. The lowest BCUT2D eigenvalue weighted by Gasteiger charge is -2.35. The Morgan fingerprint density at radius 1 is 1.35 bits per heavy atom. The van der Waals surface area contributed by atoms with Crippen molar-refractivity contribution < 1.29 is 24.2 Å². The number of benzene rings is 1. The fourth-order valence-corrected chi connectivity index (χ4v) is 2.91. The second-order valence-electron chi connectivity index (χ2n) is 6.36. The average molecular weight is 323 g/mol. The van der Waals surface area contributed by atoms with E-state index in [0.29, 0.717) is 12.8 Å². The van der Waals surface area contributed by atoms with Crippen LogP contribution in [-0.4, -0.2) is 45.7 Å². The first-order chi connectivity index (χ1) is 10.8. The van der Waals surface area contributed by atoms with Gasteiger partial charge in [-0.1, -0.05) is 19.1 Å². The molecule has 0 bridgehead atoms. The molecule has 1 aliphatic heterocycles. The molecule has 2 N–H and O–H groups in total. The summed E-state index contributed by atoms with van der Waals surface area (Å²) in [5.74, 6) is -1.51. The van der Waals surface area contributed by atoms with E-state index < -0.39 is 11.6 Å². The van der Waals surface area contributed by atoms with Crippen LogP contribution in [0.4, 0.5) is 4.39 Å². The first-order valence-corrected chi connectivity index (χ1v) is 7.78. The fourth-order valence-electron chi connectivity index (χ4n) is 2.91. The predicted octanol–water partition coefficient (Wildman–Crippen LogP) is 1.83. The molecule has 126 valence electrons. The molecule has 1 fully saturated rings. The molecule has 1 aliphatic rings. The molecule has 2 rings (SSSR count). The zero-order valence-electron chi connectivity index (χ0n) is 13.2. The Hall–Kier alpha value is -1.95. The lowest BCUT2D eigenvalue weighted by molar-refractivity contribution is -0.165. The Morgan fingerprint density at radius 3 is 2.57 bits per heavy atom. The van der Waals surface area contributed by atoms with Gasteiger partial charge in [0.05, 0.1) is 0 Å². The number of hydrogen-bond donors (Lipinski definition) is 2. The number of carbonyl (C=O) groups is 2. The van der Waals surface area contributed by atoms with Gasteiger partial charge in [0.2, 0.25) is 5.91 Å². The summed E-state index contributed by atoms with van der Waals surface area (Å²) in [5.41, 5.74) is -0.867. The highest BCUT2D eigenvalue weighted by molar-refractivity contribution is 5.79. The molecule has 1 amide bonds. The lowest BCUT2D eigenvalue weighted by Crippen LogP contribution is -2.51. The quantitative estimate of drug-likeness (QED) is 0.866. The maximum absolute atomic E-state index is 13.2. The SMILES string of the molecule is CC(CC(=O)N1CCC(O)(C(=O)O)CC1)Cc1cccc(F)c1. The molecule has 1 heterocycles. The summed E-state index contributed by atoms with van der Waals surface area (Å²) in [7, 11) is 0. The maximum Gasteiger partial charge on any atom is 0.335 e. The Balaban J connectivity index is 1.84. The Kier molecular flexibility index (Phi) is 5.36. The molecule has 0 spiro atoms. The number of piperidine rings is 1. The van der Waals surface area contributed by atoms with Crippen LogP contribution in [0, 0.1) is 11.7 Å². The smallest absolute Gasteiger partial charge is 0.335 e. The van der Waals surface area contributed by atoms with Crippen LogP contribution in [0.25, 0.3) is 0 Å². The molecule has 23 heavy (non-hydrogen) atoms. The van der Waals surface area contributed by atoms with Crippen molar-refractivity contribution >= 4 is 11.9 Å². The number of rotatable bonds is 5. The van der Waals surface area contributed by atoms with Gasteiger partial charge in [-0.25, -0.2) is 9.18 Å². The lowest BCUT2D eigenvalue weighted by atomic mass is 9.91. The molecule has 5 nitrogen and oxygen atoms in total. The summed E-state index contributed by atoms with van der Waals surface area (Å²) in [6, 6.07) is 6.33. The first-order valence-electron chi connectivity index (χ1n) is 7.78. The first kappa shape index (κ1) is 17.4. The third-order valence-electron chi connectivity index (χ3n) is 4.34. The fraction of sp³-hybridized carbons (Fsp3) is 0.529. The van der Waals surface area contributed by atoms with Crippen molar-refractivity contribution in [3.05, 3.63) is 35.6 Å². The topological polar surface area (TPSA) is 77.8 Å². The minimum absolute atomic E-state index is 0.0480. The van der Waals surface area contributed by atoms with Gasteiger partial charge in [0, 0.05) is 32.4 Å². The number of nitrogens with zero attached hydrogens (tertiary/aromatic N) is 1. The Labute approximate surface area is 134 Å². The zero-order valence-corrected chi connectivity index (χ0v) is 13.2. The summed E-state index contributed by atoms with van der Waals surface area (Å²) >= 11 is 0. The normalized spacial score (nSPS) is 18.5. The minimum atomic E-state index is -1.72. The van der Waals surface area contributed by atoms with Gasteiger partial charge in [0.1, 0.15) is 5.82 Å². The minimum Gasteiger partial charge on any atom is -0.479 e. The van der Waals surface area contributed by atoms with E-state index in [2.05, 4.69) is 0 Å². The van der Waals surface area contributed by atoms with E-state index in [-0.39, 0.29) is 43.6 Å². The molecule has 1 unspecified atom stereocenters. The molecule has 1 aromatic rings. The van der Waals surface area contributed by atoms with Crippen LogP contribution in [0.5, 0.6) is 0 Å². The van der Waals surface area contributed by atoms with Crippen molar-refractivity contribution in [1.82, 2.24) is 4.90 Å². The molecule has 1 saturated heterocycles. The van der Waals surface area contributed by atoms with Gasteiger partial charge in [0.15, 0.2) is 5.60 Å². The van der Waals surface area contributed by atoms with E-state index in [1.807, 2.05) is 13.0 Å². The van der Waals surface area contributed by atoms with E-state index >= 15 is 0 Å². The molecular formula is C17H22FNO4. The van der Waals surface area contributed by atoms with Crippen molar-refractivity contribution in [2.24, 2.45) is 5.92 Å². The van der Waals surface area contributed by atoms with Crippen molar-refractivity contribution in [2.45, 2.75) is 38.2 Å². The van der Waals surface area contributed by atoms with E-state index in [0.717, 1.165) is 5.56 Å². The molecular weight excluding hydrogens is 301 g/mol. The second kappa shape index (κ2) is 7.08. The van der Waals surface area contributed by atoms with Crippen LogP contribution >= 0.6 is 0 Å². The molecule has 0 aromatic heterocycles. The molecule has 0 saturated carbocycles. The second-order valence-corrected chi connectivity index (χ2v) is 6.36. The van der Waals surface area contributed by atoms with E-state index in [4.69, 9.17) is 5.11 Å². The van der Waals surface area contributed by atoms with Gasteiger partial charge in [-0.15, -0.1) is 0 Å². The molecule has 6 heteroatoms. The van der Waals surface area contributed by atoms with Gasteiger partial charge in [0.25, 0.3) is 0 Å². The largest absolute Gasteiger partial charge is 0.479 e. The number of carboxylic acids is 1. The van der Waals surface area contributed by atoms with E-state index in [9.17, 15) is 19.1 Å². The van der Waals surface area contributed by atoms with Gasteiger partial charge < -0.3 is 15.1 Å². The number of aliphatic carboxylic acids is 1.